The van der Waals surface area contributed by atoms with E-state index in [1.54, 1.807) is 0 Å². The van der Waals surface area contributed by atoms with Gasteiger partial charge in [-0.15, -0.1) is 0 Å². The van der Waals surface area contributed by atoms with Gasteiger partial charge in [0.15, 0.2) is 0 Å². The van der Waals surface area contributed by atoms with Gasteiger partial charge >= 0.3 is 0 Å². The highest BCUT2D eigenvalue weighted by Gasteiger charge is 2.43. The first kappa shape index (κ1) is 8.52. The molecule has 0 aromatic rings. The van der Waals surface area contributed by atoms with Crippen LogP contribution >= 0.6 is 0 Å². The number of rotatable bonds is 1. The molecule has 2 heterocycles. The van der Waals surface area contributed by atoms with Crippen molar-refractivity contribution in [1.29, 1.82) is 0 Å². The van der Waals surface area contributed by atoms with Gasteiger partial charge in [-0.3, -0.25) is 0 Å². The van der Waals surface area contributed by atoms with Gasteiger partial charge in [0.2, 0.25) is 0 Å². The van der Waals surface area contributed by atoms with Gasteiger partial charge in [0.05, 0.1) is 5.60 Å². The summed E-state index contributed by atoms with van der Waals surface area (Å²) < 4.78 is 0. The van der Waals surface area contributed by atoms with Crippen LogP contribution in [0.15, 0.2) is 0 Å². The Morgan fingerprint density at radius 3 is 2.83 bits per heavy atom. The monoisotopic (exact) mass is 169 g/mol. The minimum absolute atomic E-state index is 0.389. The molecule has 3 unspecified atom stereocenters. The SMILES string of the molecule is CC(C)C1(O)CC2CCN(C2)C1. The number of piperidine rings is 1. The Morgan fingerprint density at radius 1 is 1.50 bits per heavy atom. The number of hydrogen-bond donors (Lipinski definition) is 1. The fourth-order valence-electron chi connectivity index (χ4n) is 2.59. The van der Waals surface area contributed by atoms with E-state index in [1.807, 2.05) is 0 Å². The van der Waals surface area contributed by atoms with Crippen LogP contribution in [0, 0.1) is 11.8 Å². The van der Waals surface area contributed by atoms with Crippen molar-refractivity contribution >= 4 is 0 Å². The number of nitrogens with zero attached hydrogens (tertiary/aromatic N) is 1. The van der Waals surface area contributed by atoms with Crippen molar-refractivity contribution in [2.75, 3.05) is 19.6 Å². The fraction of sp³-hybridized carbons (Fsp3) is 1.00. The van der Waals surface area contributed by atoms with Gasteiger partial charge in [-0.1, -0.05) is 13.8 Å². The normalized spacial score (nSPS) is 47.0. The summed E-state index contributed by atoms with van der Waals surface area (Å²) in [4.78, 5) is 2.41. The van der Waals surface area contributed by atoms with Crippen LogP contribution in [0.3, 0.4) is 0 Å². The van der Waals surface area contributed by atoms with E-state index in [-0.39, 0.29) is 5.60 Å². The van der Waals surface area contributed by atoms with Gasteiger partial charge in [-0.05, 0) is 31.2 Å². The maximum Gasteiger partial charge on any atom is 0.0799 e. The van der Waals surface area contributed by atoms with E-state index in [1.165, 1.54) is 19.5 Å². The summed E-state index contributed by atoms with van der Waals surface area (Å²) in [7, 11) is 0. The molecule has 2 aliphatic rings. The molecule has 3 atom stereocenters. The van der Waals surface area contributed by atoms with Gasteiger partial charge < -0.3 is 10.0 Å². The largest absolute Gasteiger partial charge is 0.388 e. The lowest BCUT2D eigenvalue weighted by atomic mass is 9.80. The molecule has 0 amide bonds. The van der Waals surface area contributed by atoms with Gasteiger partial charge in [0.1, 0.15) is 0 Å². The highest BCUT2D eigenvalue weighted by Crippen LogP contribution is 2.36. The predicted octanol–water partition coefficient (Wildman–Crippen LogP) is 1.10. The second kappa shape index (κ2) is 2.71. The van der Waals surface area contributed by atoms with Crippen LogP contribution in [0.2, 0.25) is 0 Å². The molecule has 2 heteroatoms. The Bertz CT molecular complexity index is 167. The highest BCUT2D eigenvalue weighted by molar-refractivity contribution is 4.96. The van der Waals surface area contributed by atoms with Gasteiger partial charge in [0.25, 0.3) is 0 Å². The number of aliphatic hydroxyl groups is 1. The predicted molar refractivity (Wildman–Crippen MR) is 49.0 cm³/mol. The molecule has 0 saturated carbocycles. The van der Waals surface area contributed by atoms with Crippen molar-refractivity contribution in [3.8, 4) is 0 Å². The highest BCUT2D eigenvalue weighted by atomic mass is 16.3. The number of fused-ring (bicyclic) bond motifs is 2. The smallest absolute Gasteiger partial charge is 0.0799 e. The van der Waals surface area contributed by atoms with Gasteiger partial charge in [0, 0.05) is 13.1 Å². The van der Waals surface area contributed by atoms with Crippen LogP contribution in [-0.4, -0.2) is 35.2 Å². The third-order valence-corrected chi connectivity index (χ3v) is 3.58. The summed E-state index contributed by atoms with van der Waals surface area (Å²) in [6.07, 6.45) is 2.33. The van der Waals surface area contributed by atoms with E-state index < -0.39 is 0 Å². The van der Waals surface area contributed by atoms with Gasteiger partial charge in [-0.25, -0.2) is 0 Å². The Kier molecular flexibility index (Phi) is 1.92. The lowest BCUT2D eigenvalue weighted by Crippen LogP contribution is -2.50. The Balaban J connectivity index is 2.10. The Labute approximate surface area is 74.6 Å². The minimum atomic E-state index is -0.389. The first-order valence-electron chi connectivity index (χ1n) is 5.05. The molecule has 0 aromatic heterocycles. The molecule has 70 valence electrons. The fourth-order valence-corrected chi connectivity index (χ4v) is 2.59. The van der Waals surface area contributed by atoms with E-state index in [0.29, 0.717) is 5.92 Å². The molecule has 2 aliphatic heterocycles. The molecule has 0 aromatic carbocycles. The summed E-state index contributed by atoms with van der Waals surface area (Å²) >= 11 is 0. The first-order valence-corrected chi connectivity index (χ1v) is 5.05. The molecule has 2 fully saturated rings. The summed E-state index contributed by atoms with van der Waals surface area (Å²) in [6, 6.07) is 0. The van der Waals surface area contributed by atoms with Crippen molar-refractivity contribution in [1.82, 2.24) is 4.90 Å². The maximum absolute atomic E-state index is 10.3. The van der Waals surface area contributed by atoms with E-state index in [2.05, 4.69) is 18.7 Å². The van der Waals surface area contributed by atoms with Crippen LogP contribution < -0.4 is 0 Å². The molecule has 2 saturated heterocycles. The van der Waals surface area contributed by atoms with Crippen LogP contribution in [0.25, 0.3) is 0 Å². The zero-order valence-electron chi connectivity index (χ0n) is 8.08. The van der Waals surface area contributed by atoms with Crippen molar-refractivity contribution in [2.45, 2.75) is 32.3 Å². The summed E-state index contributed by atoms with van der Waals surface area (Å²) in [6.45, 7) is 7.60. The molecule has 2 bridgehead atoms. The average molecular weight is 169 g/mol. The second-order valence-electron chi connectivity index (χ2n) is 4.85. The van der Waals surface area contributed by atoms with Crippen molar-refractivity contribution in [3.63, 3.8) is 0 Å². The lowest BCUT2D eigenvalue weighted by Gasteiger charge is -2.40. The Morgan fingerprint density at radius 2 is 2.25 bits per heavy atom. The van der Waals surface area contributed by atoms with E-state index in [9.17, 15) is 5.11 Å². The molecular weight excluding hydrogens is 150 g/mol. The lowest BCUT2D eigenvalue weighted by molar-refractivity contribution is -0.0632. The standard InChI is InChI=1S/C10H19NO/c1-8(2)10(12)5-9-3-4-11(6-9)7-10/h8-9,12H,3-7H2,1-2H3. The van der Waals surface area contributed by atoms with Crippen LogP contribution in [0.5, 0.6) is 0 Å². The topological polar surface area (TPSA) is 23.5 Å². The minimum Gasteiger partial charge on any atom is -0.388 e. The molecule has 2 rings (SSSR count). The molecule has 0 radical (unpaired) electrons. The average Bonchev–Trinajstić information content (AvgIpc) is 2.30. The van der Waals surface area contributed by atoms with E-state index >= 15 is 0 Å². The summed E-state index contributed by atoms with van der Waals surface area (Å²) in [5, 5.41) is 10.3. The summed E-state index contributed by atoms with van der Waals surface area (Å²) in [5.74, 6) is 1.17. The Hall–Kier alpha value is -0.0800. The third-order valence-electron chi connectivity index (χ3n) is 3.58. The molecule has 0 aliphatic carbocycles. The number of hydrogen-bond acceptors (Lipinski definition) is 2. The van der Waals surface area contributed by atoms with E-state index in [0.717, 1.165) is 18.9 Å². The molecular formula is C10H19NO. The zero-order chi connectivity index (χ0) is 8.77. The second-order valence-corrected chi connectivity index (χ2v) is 4.85. The molecule has 2 nitrogen and oxygen atoms in total. The zero-order valence-corrected chi connectivity index (χ0v) is 8.08. The van der Waals surface area contributed by atoms with Crippen LogP contribution in [0.4, 0.5) is 0 Å². The van der Waals surface area contributed by atoms with Crippen molar-refractivity contribution in [3.05, 3.63) is 0 Å². The first-order chi connectivity index (χ1) is 5.60. The quantitative estimate of drug-likeness (QED) is 0.635. The molecule has 0 spiro atoms. The van der Waals surface area contributed by atoms with Crippen molar-refractivity contribution in [2.24, 2.45) is 11.8 Å². The van der Waals surface area contributed by atoms with Crippen molar-refractivity contribution < 1.29 is 5.11 Å². The molecule has 1 N–H and O–H groups in total. The summed E-state index contributed by atoms with van der Waals surface area (Å²) in [5.41, 5.74) is -0.389. The third kappa shape index (κ3) is 1.27. The van der Waals surface area contributed by atoms with Crippen LogP contribution in [-0.2, 0) is 0 Å². The van der Waals surface area contributed by atoms with Crippen LogP contribution in [0.1, 0.15) is 26.7 Å². The maximum atomic E-state index is 10.3. The molecule has 12 heavy (non-hydrogen) atoms. The van der Waals surface area contributed by atoms with E-state index in [4.69, 9.17) is 0 Å². The van der Waals surface area contributed by atoms with Gasteiger partial charge in [-0.2, -0.15) is 0 Å².